The number of likely N-dealkylation sites (N-methyl/N-ethyl adjacent to an activating group) is 1. The number of benzene rings is 1. The highest BCUT2D eigenvalue weighted by Gasteiger charge is 2.42. The standard InChI is InChI=1S/C26H30F4N6O2/c1-15(16-6-5-7-18(20(16)27)26(28,29)30)31-22-17-14-36(25(2)8-9-25)24(38)21(19(17)23(37)34(4)32-22)35-12-10-33(3)11-13-35/h5-7,14-15H,8-13H2,1-4H3,(H,31,32)/t15-/m1/s1. The van der Waals surface area contributed by atoms with E-state index < -0.39 is 34.7 Å². The number of hydrogen-bond acceptors (Lipinski definition) is 6. The van der Waals surface area contributed by atoms with E-state index in [0.29, 0.717) is 30.2 Å². The molecule has 1 saturated heterocycles. The summed E-state index contributed by atoms with van der Waals surface area (Å²) in [6.07, 6.45) is -1.63. The number of nitrogens with one attached hydrogen (secondary N) is 1. The zero-order valence-corrected chi connectivity index (χ0v) is 21.7. The van der Waals surface area contributed by atoms with Gasteiger partial charge in [-0.2, -0.15) is 18.3 Å². The predicted octanol–water partition coefficient (Wildman–Crippen LogP) is 3.69. The van der Waals surface area contributed by atoms with Crippen molar-refractivity contribution in [2.24, 2.45) is 7.05 Å². The molecular formula is C26H30F4N6O2. The van der Waals surface area contributed by atoms with Gasteiger partial charge in [0.25, 0.3) is 11.1 Å². The van der Waals surface area contributed by atoms with Crippen molar-refractivity contribution in [3.8, 4) is 0 Å². The molecule has 1 N–H and O–H groups in total. The van der Waals surface area contributed by atoms with Crippen LogP contribution in [0.15, 0.2) is 34.0 Å². The molecule has 1 atom stereocenters. The lowest BCUT2D eigenvalue weighted by Crippen LogP contribution is -2.48. The van der Waals surface area contributed by atoms with Gasteiger partial charge in [-0.05, 0) is 39.8 Å². The second kappa shape index (κ2) is 9.11. The number of pyridine rings is 1. The minimum Gasteiger partial charge on any atom is -0.364 e. The van der Waals surface area contributed by atoms with E-state index >= 15 is 0 Å². The van der Waals surface area contributed by atoms with Crippen LogP contribution in [-0.4, -0.2) is 52.5 Å². The summed E-state index contributed by atoms with van der Waals surface area (Å²) in [6.45, 7) is 6.04. The van der Waals surface area contributed by atoms with Crippen molar-refractivity contribution in [3.05, 3.63) is 62.0 Å². The number of aryl methyl sites for hydroxylation is 1. The minimum absolute atomic E-state index is 0.180. The van der Waals surface area contributed by atoms with E-state index in [-0.39, 0.29) is 22.3 Å². The van der Waals surface area contributed by atoms with Gasteiger partial charge in [-0.3, -0.25) is 9.59 Å². The molecule has 2 fully saturated rings. The third-order valence-corrected chi connectivity index (χ3v) is 7.73. The lowest BCUT2D eigenvalue weighted by Gasteiger charge is -2.34. The quantitative estimate of drug-likeness (QED) is 0.504. The summed E-state index contributed by atoms with van der Waals surface area (Å²) in [5, 5.41) is 7.93. The second-order valence-electron chi connectivity index (χ2n) is 10.6. The zero-order valence-electron chi connectivity index (χ0n) is 21.7. The Labute approximate surface area is 216 Å². The summed E-state index contributed by atoms with van der Waals surface area (Å²) in [4.78, 5) is 31.3. The van der Waals surface area contributed by atoms with Crippen LogP contribution >= 0.6 is 0 Å². The van der Waals surface area contributed by atoms with E-state index in [1.165, 1.54) is 20.0 Å². The molecule has 2 aliphatic rings. The molecule has 1 aliphatic carbocycles. The Morgan fingerprint density at radius 1 is 1.05 bits per heavy atom. The normalized spacial score (nSPS) is 18.6. The molecule has 12 heteroatoms. The molecule has 3 aromatic rings. The number of fused-ring (bicyclic) bond motifs is 1. The second-order valence-corrected chi connectivity index (χ2v) is 10.6. The Morgan fingerprint density at radius 2 is 1.71 bits per heavy atom. The molecule has 0 radical (unpaired) electrons. The average molecular weight is 535 g/mol. The maximum Gasteiger partial charge on any atom is 0.419 e. The molecule has 5 rings (SSSR count). The number of aromatic nitrogens is 3. The maximum atomic E-state index is 14.9. The molecule has 3 heterocycles. The number of nitrogens with zero attached hydrogens (tertiary/aromatic N) is 5. The van der Waals surface area contributed by atoms with Crippen LogP contribution in [0.1, 0.15) is 43.9 Å². The Hall–Kier alpha value is -3.41. The number of anilines is 2. The summed E-state index contributed by atoms with van der Waals surface area (Å²) >= 11 is 0. The summed E-state index contributed by atoms with van der Waals surface area (Å²) in [6, 6.07) is 2.21. The van der Waals surface area contributed by atoms with Crippen LogP contribution in [0.25, 0.3) is 10.8 Å². The molecule has 2 aromatic heterocycles. The van der Waals surface area contributed by atoms with Gasteiger partial charge in [0.05, 0.1) is 22.4 Å². The van der Waals surface area contributed by atoms with Gasteiger partial charge in [-0.25, -0.2) is 9.07 Å². The van der Waals surface area contributed by atoms with E-state index in [9.17, 15) is 27.2 Å². The highest BCUT2D eigenvalue weighted by Crippen LogP contribution is 2.43. The van der Waals surface area contributed by atoms with Crippen molar-refractivity contribution < 1.29 is 17.6 Å². The van der Waals surface area contributed by atoms with Gasteiger partial charge in [0.2, 0.25) is 0 Å². The topological polar surface area (TPSA) is 75.4 Å². The van der Waals surface area contributed by atoms with Crippen LogP contribution in [-0.2, 0) is 18.8 Å². The highest BCUT2D eigenvalue weighted by atomic mass is 19.4. The molecular weight excluding hydrogens is 504 g/mol. The van der Waals surface area contributed by atoms with Crippen LogP contribution < -0.4 is 21.3 Å². The molecule has 0 unspecified atom stereocenters. The monoisotopic (exact) mass is 534 g/mol. The largest absolute Gasteiger partial charge is 0.419 e. The fourth-order valence-electron chi connectivity index (χ4n) is 5.05. The first kappa shape index (κ1) is 26.2. The van der Waals surface area contributed by atoms with Crippen molar-refractivity contribution in [1.29, 1.82) is 0 Å². The van der Waals surface area contributed by atoms with Gasteiger partial charge < -0.3 is 19.7 Å². The lowest BCUT2D eigenvalue weighted by molar-refractivity contribution is -0.140. The van der Waals surface area contributed by atoms with Crippen LogP contribution in [0.3, 0.4) is 0 Å². The molecule has 1 aromatic carbocycles. The summed E-state index contributed by atoms with van der Waals surface area (Å²) in [7, 11) is 3.44. The predicted molar refractivity (Wildman–Crippen MR) is 137 cm³/mol. The fourth-order valence-corrected chi connectivity index (χ4v) is 5.05. The highest BCUT2D eigenvalue weighted by molar-refractivity contribution is 5.99. The van der Waals surface area contributed by atoms with Crippen LogP contribution in [0.2, 0.25) is 0 Å². The third kappa shape index (κ3) is 4.44. The number of alkyl halides is 3. The summed E-state index contributed by atoms with van der Waals surface area (Å²) in [5.74, 6) is -1.19. The summed E-state index contributed by atoms with van der Waals surface area (Å²) < 4.78 is 57.6. The first-order chi connectivity index (χ1) is 17.8. The molecule has 0 amide bonds. The first-order valence-corrected chi connectivity index (χ1v) is 12.5. The average Bonchev–Trinajstić information content (AvgIpc) is 3.60. The smallest absolute Gasteiger partial charge is 0.364 e. The van der Waals surface area contributed by atoms with Crippen LogP contribution in [0, 0.1) is 5.82 Å². The Morgan fingerprint density at radius 3 is 2.32 bits per heavy atom. The van der Waals surface area contributed by atoms with Crippen LogP contribution in [0.4, 0.5) is 29.1 Å². The van der Waals surface area contributed by atoms with Gasteiger partial charge in [-0.1, -0.05) is 12.1 Å². The van der Waals surface area contributed by atoms with Gasteiger partial charge >= 0.3 is 6.18 Å². The van der Waals surface area contributed by atoms with Crippen molar-refractivity contribution in [1.82, 2.24) is 19.2 Å². The van der Waals surface area contributed by atoms with E-state index in [0.717, 1.165) is 36.7 Å². The summed E-state index contributed by atoms with van der Waals surface area (Å²) in [5.41, 5.74) is -2.35. The molecule has 8 nitrogen and oxygen atoms in total. The minimum atomic E-state index is -4.84. The molecule has 1 saturated carbocycles. The fraction of sp³-hybridized carbons (Fsp3) is 0.500. The van der Waals surface area contributed by atoms with Crippen molar-refractivity contribution >= 4 is 22.3 Å². The van der Waals surface area contributed by atoms with Gasteiger partial charge in [-0.15, -0.1) is 0 Å². The van der Waals surface area contributed by atoms with Crippen molar-refractivity contribution in [2.45, 2.75) is 44.4 Å². The molecule has 204 valence electrons. The molecule has 1 aliphatic heterocycles. The van der Waals surface area contributed by atoms with Crippen molar-refractivity contribution in [3.63, 3.8) is 0 Å². The van der Waals surface area contributed by atoms with Gasteiger partial charge in [0, 0.05) is 50.5 Å². The van der Waals surface area contributed by atoms with Gasteiger partial charge in [0.1, 0.15) is 11.5 Å². The van der Waals surface area contributed by atoms with E-state index in [1.54, 1.807) is 10.8 Å². The van der Waals surface area contributed by atoms with Crippen molar-refractivity contribution in [2.75, 3.05) is 43.4 Å². The zero-order chi connectivity index (χ0) is 27.6. The maximum absolute atomic E-state index is 14.9. The molecule has 0 bridgehead atoms. The van der Waals surface area contributed by atoms with Crippen LogP contribution in [0.5, 0.6) is 0 Å². The molecule has 0 spiro atoms. The number of hydrogen-bond donors (Lipinski definition) is 1. The van der Waals surface area contributed by atoms with E-state index in [2.05, 4.69) is 15.3 Å². The number of piperazine rings is 1. The Kier molecular flexibility index (Phi) is 6.28. The first-order valence-electron chi connectivity index (χ1n) is 12.5. The lowest BCUT2D eigenvalue weighted by atomic mass is 10.0. The van der Waals surface area contributed by atoms with E-state index in [4.69, 9.17) is 0 Å². The van der Waals surface area contributed by atoms with E-state index in [1.807, 2.05) is 18.9 Å². The SMILES string of the molecule is C[C@@H](Nc1nn(C)c(=O)c2c(N3CCN(C)CC3)c(=O)n(C3(C)CC3)cc12)c1cccc(C(F)(F)F)c1F. The Balaban J connectivity index is 1.69. The Bertz CT molecular complexity index is 1520. The number of rotatable bonds is 5. The van der Waals surface area contributed by atoms with Gasteiger partial charge in [0.15, 0.2) is 5.82 Å². The number of halogens is 4. The molecule has 38 heavy (non-hydrogen) atoms. The third-order valence-electron chi connectivity index (χ3n) is 7.73.